The zero-order chi connectivity index (χ0) is 14.3. The molecule has 0 saturated carbocycles. The van der Waals surface area contributed by atoms with E-state index in [-0.39, 0.29) is 18.6 Å². The Morgan fingerprint density at radius 3 is 2.63 bits per heavy atom. The maximum absolute atomic E-state index is 12.0. The molecule has 0 heterocycles. The Morgan fingerprint density at radius 1 is 1.37 bits per heavy atom. The molecule has 0 fully saturated rings. The van der Waals surface area contributed by atoms with Gasteiger partial charge in [-0.1, -0.05) is 18.2 Å². The Balaban J connectivity index is 2.55. The SMILES string of the molecule is Cc1ccccc1NC(=O)CN(CCCO)C(C)C. The van der Waals surface area contributed by atoms with Gasteiger partial charge in [0.1, 0.15) is 0 Å². The van der Waals surface area contributed by atoms with Gasteiger partial charge in [0.2, 0.25) is 5.91 Å². The summed E-state index contributed by atoms with van der Waals surface area (Å²) in [5.41, 5.74) is 1.92. The number of para-hydroxylation sites is 1. The lowest BCUT2D eigenvalue weighted by Crippen LogP contribution is -2.39. The van der Waals surface area contributed by atoms with Crippen molar-refractivity contribution in [3.8, 4) is 0 Å². The second-order valence-corrected chi connectivity index (χ2v) is 5.00. The summed E-state index contributed by atoms with van der Waals surface area (Å²) in [6.45, 7) is 7.32. The lowest BCUT2D eigenvalue weighted by Gasteiger charge is -2.25. The van der Waals surface area contributed by atoms with E-state index in [0.29, 0.717) is 13.0 Å². The van der Waals surface area contributed by atoms with E-state index in [1.165, 1.54) is 0 Å². The Hall–Kier alpha value is -1.39. The number of nitrogens with zero attached hydrogens (tertiary/aromatic N) is 1. The summed E-state index contributed by atoms with van der Waals surface area (Å²) in [5.74, 6) is -0.0130. The van der Waals surface area contributed by atoms with Crippen molar-refractivity contribution in [3.05, 3.63) is 29.8 Å². The summed E-state index contributed by atoms with van der Waals surface area (Å²) in [4.78, 5) is 14.1. The van der Waals surface area contributed by atoms with Crippen LogP contribution in [0.1, 0.15) is 25.8 Å². The smallest absolute Gasteiger partial charge is 0.238 e. The number of carbonyl (C=O) groups is 1. The molecule has 0 radical (unpaired) electrons. The van der Waals surface area contributed by atoms with Crippen molar-refractivity contribution in [2.45, 2.75) is 33.2 Å². The van der Waals surface area contributed by atoms with Gasteiger partial charge in [-0.05, 0) is 38.8 Å². The molecule has 106 valence electrons. The molecule has 2 N–H and O–H groups in total. The summed E-state index contributed by atoms with van der Waals surface area (Å²) in [6, 6.07) is 8.03. The van der Waals surface area contributed by atoms with E-state index in [2.05, 4.69) is 24.1 Å². The third kappa shape index (κ3) is 5.41. The van der Waals surface area contributed by atoms with Crippen LogP contribution in [0.3, 0.4) is 0 Å². The van der Waals surface area contributed by atoms with Crippen LogP contribution in [0, 0.1) is 6.92 Å². The fourth-order valence-corrected chi connectivity index (χ4v) is 1.88. The summed E-state index contributed by atoms with van der Waals surface area (Å²) in [5, 5.41) is 11.8. The van der Waals surface area contributed by atoms with Gasteiger partial charge in [-0.15, -0.1) is 0 Å². The summed E-state index contributed by atoms with van der Waals surface area (Å²) >= 11 is 0. The molecule has 0 unspecified atom stereocenters. The van der Waals surface area contributed by atoms with Crippen LogP contribution in [0.25, 0.3) is 0 Å². The van der Waals surface area contributed by atoms with Gasteiger partial charge in [0, 0.05) is 24.9 Å². The van der Waals surface area contributed by atoms with Gasteiger partial charge in [0.15, 0.2) is 0 Å². The molecule has 1 aromatic carbocycles. The first-order valence-electron chi connectivity index (χ1n) is 6.75. The largest absolute Gasteiger partial charge is 0.396 e. The van der Waals surface area contributed by atoms with Gasteiger partial charge in [0.05, 0.1) is 6.54 Å². The van der Waals surface area contributed by atoms with E-state index in [0.717, 1.165) is 17.8 Å². The monoisotopic (exact) mass is 264 g/mol. The molecule has 0 aliphatic carbocycles. The fourth-order valence-electron chi connectivity index (χ4n) is 1.88. The zero-order valence-corrected chi connectivity index (χ0v) is 12.0. The number of rotatable bonds is 7. The van der Waals surface area contributed by atoms with Crippen molar-refractivity contribution >= 4 is 11.6 Å². The van der Waals surface area contributed by atoms with E-state index < -0.39 is 0 Å². The number of hydrogen-bond acceptors (Lipinski definition) is 3. The molecule has 0 aliphatic rings. The van der Waals surface area contributed by atoms with E-state index in [9.17, 15) is 4.79 Å². The highest BCUT2D eigenvalue weighted by molar-refractivity contribution is 5.92. The van der Waals surface area contributed by atoms with Crippen LogP contribution in [-0.2, 0) is 4.79 Å². The highest BCUT2D eigenvalue weighted by Gasteiger charge is 2.14. The van der Waals surface area contributed by atoms with Crippen LogP contribution in [0.5, 0.6) is 0 Å². The molecule has 0 atom stereocenters. The Morgan fingerprint density at radius 2 is 2.05 bits per heavy atom. The normalized spacial score (nSPS) is 11.1. The van der Waals surface area contributed by atoms with Crippen molar-refractivity contribution in [1.82, 2.24) is 4.90 Å². The van der Waals surface area contributed by atoms with Gasteiger partial charge in [-0.25, -0.2) is 0 Å². The molecule has 0 bridgehead atoms. The number of aliphatic hydroxyl groups excluding tert-OH is 1. The molecule has 1 aromatic rings. The first-order valence-corrected chi connectivity index (χ1v) is 6.75. The van der Waals surface area contributed by atoms with E-state index in [1.54, 1.807) is 0 Å². The minimum absolute atomic E-state index is 0.0130. The van der Waals surface area contributed by atoms with Crippen molar-refractivity contribution in [1.29, 1.82) is 0 Å². The molecule has 1 rings (SSSR count). The third-order valence-corrected chi connectivity index (χ3v) is 3.10. The summed E-state index contributed by atoms with van der Waals surface area (Å²) < 4.78 is 0. The number of amides is 1. The maximum atomic E-state index is 12.0. The molecule has 1 amide bonds. The third-order valence-electron chi connectivity index (χ3n) is 3.10. The van der Waals surface area contributed by atoms with Crippen LogP contribution in [0.2, 0.25) is 0 Å². The molecule has 0 aliphatic heterocycles. The Bertz CT molecular complexity index is 405. The molecule has 4 heteroatoms. The van der Waals surface area contributed by atoms with Crippen molar-refractivity contribution in [2.75, 3.05) is 25.0 Å². The molecule has 0 spiro atoms. The van der Waals surface area contributed by atoms with E-state index in [4.69, 9.17) is 5.11 Å². The van der Waals surface area contributed by atoms with Crippen LogP contribution in [0.4, 0.5) is 5.69 Å². The van der Waals surface area contributed by atoms with Crippen LogP contribution in [-0.4, -0.2) is 41.7 Å². The highest BCUT2D eigenvalue weighted by atomic mass is 16.3. The van der Waals surface area contributed by atoms with Crippen LogP contribution >= 0.6 is 0 Å². The molecule has 19 heavy (non-hydrogen) atoms. The van der Waals surface area contributed by atoms with Gasteiger partial charge >= 0.3 is 0 Å². The second-order valence-electron chi connectivity index (χ2n) is 5.00. The number of aryl methyl sites for hydroxylation is 1. The van der Waals surface area contributed by atoms with Crippen molar-refractivity contribution in [2.24, 2.45) is 0 Å². The van der Waals surface area contributed by atoms with Gasteiger partial charge in [-0.2, -0.15) is 0 Å². The predicted octanol–water partition coefficient (Wildman–Crippen LogP) is 2.03. The Labute approximate surface area is 115 Å². The van der Waals surface area contributed by atoms with Gasteiger partial charge < -0.3 is 10.4 Å². The quantitative estimate of drug-likeness (QED) is 0.792. The van der Waals surface area contributed by atoms with Crippen molar-refractivity contribution < 1.29 is 9.90 Å². The molecular formula is C15H24N2O2. The zero-order valence-electron chi connectivity index (χ0n) is 12.0. The lowest BCUT2D eigenvalue weighted by molar-refractivity contribution is -0.117. The number of hydrogen-bond donors (Lipinski definition) is 2. The molecular weight excluding hydrogens is 240 g/mol. The number of carbonyl (C=O) groups excluding carboxylic acids is 1. The van der Waals surface area contributed by atoms with Crippen LogP contribution in [0.15, 0.2) is 24.3 Å². The Kier molecular flexibility index (Phi) is 6.53. The van der Waals surface area contributed by atoms with Gasteiger partial charge in [-0.3, -0.25) is 9.69 Å². The number of benzene rings is 1. The number of aliphatic hydroxyl groups is 1. The number of anilines is 1. The molecule has 0 saturated heterocycles. The fraction of sp³-hybridized carbons (Fsp3) is 0.533. The molecule has 4 nitrogen and oxygen atoms in total. The standard InChI is InChI=1S/C15H24N2O2/c1-12(2)17(9-6-10-18)11-15(19)16-14-8-5-4-7-13(14)3/h4-5,7-8,12,18H,6,9-11H2,1-3H3,(H,16,19). The second kappa shape index (κ2) is 7.92. The average Bonchev–Trinajstić information content (AvgIpc) is 2.37. The summed E-state index contributed by atoms with van der Waals surface area (Å²) in [7, 11) is 0. The minimum atomic E-state index is -0.0130. The highest BCUT2D eigenvalue weighted by Crippen LogP contribution is 2.13. The van der Waals surface area contributed by atoms with E-state index >= 15 is 0 Å². The van der Waals surface area contributed by atoms with Crippen molar-refractivity contribution in [3.63, 3.8) is 0 Å². The topological polar surface area (TPSA) is 52.6 Å². The first-order chi connectivity index (χ1) is 9.04. The molecule has 0 aromatic heterocycles. The summed E-state index contributed by atoms with van der Waals surface area (Å²) in [6.07, 6.45) is 0.690. The van der Waals surface area contributed by atoms with E-state index in [1.807, 2.05) is 31.2 Å². The minimum Gasteiger partial charge on any atom is -0.396 e. The predicted molar refractivity (Wildman–Crippen MR) is 78.2 cm³/mol. The maximum Gasteiger partial charge on any atom is 0.238 e. The van der Waals surface area contributed by atoms with Gasteiger partial charge in [0.25, 0.3) is 0 Å². The number of nitrogens with one attached hydrogen (secondary N) is 1. The van der Waals surface area contributed by atoms with Crippen LogP contribution < -0.4 is 5.32 Å². The average molecular weight is 264 g/mol. The first kappa shape index (κ1) is 15.7. The lowest BCUT2D eigenvalue weighted by atomic mass is 10.2.